The number of aromatic nitrogens is 1. The van der Waals surface area contributed by atoms with Gasteiger partial charge < -0.3 is 49.0 Å². The fraction of sp³-hybridized carbons (Fsp3) is 0.481. The third-order valence-corrected chi connectivity index (χ3v) is 6.85. The highest BCUT2D eigenvalue weighted by atomic mass is 16.4. The smallest absolute Gasteiger partial charge is 0.326 e. The molecule has 1 aromatic carbocycles. The van der Waals surface area contributed by atoms with E-state index in [1.54, 1.807) is 20.0 Å². The molecule has 1 heterocycles. The number of hydrogen-bond donors (Lipinski definition) is 9. The van der Waals surface area contributed by atoms with Crippen LogP contribution in [0.5, 0.6) is 0 Å². The summed E-state index contributed by atoms with van der Waals surface area (Å²) in [6, 6.07) is 2.38. The summed E-state index contributed by atoms with van der Waals surface area (Å²) in [5.74, 6) is -4.93. The van der Waals surface area contributed by atoms with Crippen LogP contribution < -0.4 is 38.9 Å². The lowest BCUT2D eigenvalue weighted by molar-refractivity contribution is -0.144. The molecule has 0 spiro atoms. The van der Waals surface area contributed by atoms with Crippen LogP contribution in [0, 0.1) is 5.92 Å². The van der Waals surface area contributed by atoms with Gasteiger partial charge in [0, 0.05) is 30.1 Å². The van der Waals surface area contributed by atoms with Crippen molar-refractivity contribution >= 4 is 46.5 Å². The van der Waals surface area contributed by atoms with E-state index in [1.807, 2.05) is 24.3 Å². The minimum atomic E-state index is -1.44. The van der Waals surface area contributed by atoms with Crippen LogP contribution in [0.25, 0.3) is 10.9 Å². The van der Waals surface area contributed by atoms with Gasteiger partial charge in [0.1, 0.15) is 18.1 Å². The van der Waals surface area contributed by atoms with E-state index < -0.39 is 66.1 Å². The van der Waals surface area contributed by atoms with E-state index >= 15 is 0 Å². The number of carboxylic acids is 1. The summed E-state index contributed by atoms with van der Waals surface area (Å²) in [7, 11) is 0. The van der Waals surface area contributed by atoms with Crippen molar-refractivity contribution in [1.29, 1.82) is 0 Å². The Kier molecular flexibility index (Phi) is 12.7. The fourth-order valence-electron chi connectivity index (χ4n) is 4.28. The maximum atomic E-state index is 13.4. The van der Waals surface area contributed by atoms with Gasteiger partial charge in [0.25, 0.3) is 0 Å². The number of para-hydroxylation sites is 1. The Morgan fingerprint density at radius 1 is 0.976 bits per heavy atom. The third-order valence-electron chi connectivity index (χ3n) is 6.85. The van der Waals surface area contributed by atoms with Gasteiger partial charge in [-0.05, 0) is 30.4 Å². The number of rotatable bonds is 17. The molecule has 15 heteroatoms. The summed E-state index contributed by atoms with van der Waals surface area (Å²) >= 11 is 0. The van der Waals surface area contributed by atoms with E-state index in [4.69, 9.17) is 22.9 Å². The zero-order valence-electron chi connectivity index (χ0n) is 23.8. The number of benzene rings is 1. The number of hydrogen-bond acceptors (Lipinski definition) is 7. The van der Waals surface area contributed by atoms with Crippen molar-refractivity contribution in [2.75, 3.05) is 6.54 Å². The number of aliphatic imine (C=N–C) groups is 1. The highest BCUT2D eigenvalue weighted by Gasteiger charge is 2.33. The van der Waals surface area contributed by atoms with Crippen molar-refractivity contribution < 1.29 is 29.1 Å². The molecule has 230 valence electrons. The molecule has 4 amide bonds. The Bertz CT molecular complexity index is 1290. The van der Waals surface area contributed by atoms with Crippen molar-refractivity contribution in [3.05, 3.63) is 36.0 Å². The Hall–Kier alpha value is -4.66. The van der Waals surface area contributed by atoms with Crippen molar-refractivity contribution in [3.63, 3.8) is 0 Å². The molecule has 2 rings (SSSR count). The third kappa shape index (κ3) is 10.1. The number of H-pyrrole nitrogens is 1. The van der Waals surface area contributed by atoms with E-state index in [0.717, 1.165) is 10.9 Å². The number of primary amides is 1. The summed E-state index contributed by atoms with van der Waals surface area (Å²) in [6.07, 6.45) is 2.15. The lowest BCUT2D eigenvalue weighted by Gasteiger charge is -2.26. The van der Waals surface area contributed by atoms with Crippen LogP contribution in [0.3, 0.4) is 0 Å². The van der Waals surface area contributed by atoms with Gasteiger partial charge >= 0.3 is 5.97 Å². The number of fused-ring (bicyclic) bond motifs is 1. The second kappa shape index (κ2) is 16.0. The first-order chi connectivity index (χ1) is 19.8. The van der Waals surface area contributed by atoms with Gasteiger partial charge in [0.15, 0.2) is 5.96 Å². The first-order valence-corrected chi connectivity index (χ1v) is 13.6. The van der Waals surface area contributed by atoms with Gasteiger partial charge in [-0.15, -0.1) is 0 Å². The lowest BCUT2D eigenvalue weighted by Crippen LogP contribution is -2.58. The number of carboxylic acid groups (broad SMARTS) is 1. The molecule has 0 saturated carbocycles. The van der Waals surface area contributed by atoms with Gasteiger partial charge in [-0.2, -0.15) is 0 Å². The molecule has 0 radical (unpaired) electrons. The van der Waals surface area contributed by atoms with Gasteiger partial charge in [0.2, 0.25) is 23.6 Å². The van der Waals surface area contributed by atoms with E-state index in [2.05, 4.69) is 25.9 Å². The minimum absolute atomic E-state index is 0.0179. The van der Waals surface area contributed by atoms with Crippen LogP contribution >= 0.6 is 0 Å². The molecule has 5 atom stereocenters. The van der Waals surface area contributed by atoms with Crippen molar-refractivity contribution in [2.45, 2.75) is 70.1 Å². The van der Waals surface area contributed by atoms with Crippen LogP contribution in [0.4, 0.5) is 0 Å². The molecule has 42 heavy (non-hydrogen) atoms. The number of nitrogens with two attached hydrogens (primary N) is 4. The molecule has 13 N–H and O–H groups in total. The van der Waals surface area contributed by atoms with E-state index in [-0.39, 0.29) is 25.3 Å². The van der Waals surface area contributed by atoms with Crippen molar-refractivity contribution in [1.82, 2.24) is 20.9 Å². The number of guanidine groups is 1. The van der Waals surface area contributed by atoms with E-state index in [0.29, 0.717) is 18.4 Å². The first-order valence-electron chi connectivity index (χ1n) is 13.6. The monoisotopic (exact) mass is 587 g/mol. The molecule has 0 bridgehead atoms. The maximum absolute atomic E-state index is 13.4. The predicted octanol–water partition coefficient (Wildman–Crippen LogP) is -1.45. The number of aromatic amines is 1. The molecule has 0 aliphatic carbocycles. The average molecular weight is 588 g/mol. The summed E-state index contributed by atoms with van der Waals surface area (Å²) in [6.45, 7) is 3.72. The lowest BCUT2D eigenvalue weighted by atomic mass is 9.98. The molecule has 1 aromatic heterocycles. The SMILES string of the molecule is CCC(C)C(NC(=O)C(Cc1c[nH]c2ccccc12)NC(=O)C(CC(N)=O)NC(=O)C(N)CCCN=C(N)N)C(=O)O. The highest BCUT2D eigenvalue weighted by molar-refractivity contribution is 5.96. The highest BCUT2D eigenvalue weighted by Crippen LogP contribution is 2.19. The second-order valence-electron chi connectivity index (χ2n) is 10.1. The molecule has 15 nitrogen and oxygen atoms in total. The molecule has 0 aliphatic rings. The van der Waals surface area contributed by atoms with Crippen LogP contribution in [0.1, 0.15) is 45.1 Å². The average Bonchev–Trinajstić information content (AvgIpc) is 3.34. The van der Waals surface area contributed by atoms with Crippen LogP contribution in [-0.4, -0.2) is 76.4 Å². The number of carbonyl (C=O) groups is 5. The zero-order chi connectivity index (χ0) is 31.4. The summed E-state index contributed by atoms with van der Waals surface area (Å²) < 4.78 is 0. The van der Waals surface area contributed by atoms with Crippen LogP contribution in [0.2, 0.25) is 0 Å². The number of amides is 4. The topological polar surface area (TPSA) is 274 Å². The van der Waals surface area contributed by atoms with E-state index in [1.165, 1.54) is 0 Å². The van der Waals surface area contributed by atoms with Gasteiger partial charge in [-0.3, -0.25) is 24.2 Å². The summed E-state index contributed by atoms with van der Waals surface area (Å²) in [5, 5.41) is 18.0. The molecular formula is C27H41N9O6. The quantitative estimate of drug-likeness (QED) is 0.0594. The largest absolute Gasteiger partial charge is 0.480 e. The maximum Gasteiger partial charge on any atom is 0.326 e. The van der Waals surface area contributed by atoms with Gasteiger partial charge in [0.05, 0.1) is 12.5 Å². The molecular weight excluding hydrogens is 546 g/mol. The zero-order valence-corrected chi connectivity index (χ0v) is 23.8. The Labute approximate surface area is 243 Å². The van der Waals surface area contributed by atoms with Gasteiger partial charge in [-0.1, -0.05) is 38.5 Å². The minimum Gasteiger partial charge on any atom is -0.480 e. The van der Waals surface area contributed by atoms with Crippen LogP contribution in [0.15, 0.2) is 35.5 Å². The predicted molar refractivity (Wildman–Crippen MR) is 157 cm³/mol. The Morgan fingerprint density at radius 3 is 2.24 bits per heavy atom. The molecule has 0 fully saturated rings. The van der Waals surface area contributed by atoms with Gasteiger partial charge in [-0.25, -0.2) is 4.79 Å². The second-order valence-corrected chi connectivity index (χ2v) is 10.1. The Balaban J connectivity index is 2.27. The first kappa shape index (κ1) is 33.5. The van der Waals surface area contributed by atoms with Crippen LogP contribution in [-0.2, 0) is 30.4 Å². The van der Waals surface area contributed by atoms with Crippen molar-refractivity contribution in [3.8, 4) is 0 Å². The van der Waals surface area contributed by atoms with E-state index in [9.17, 15) is 29.1 Å². The molecule has 0 aliphatic heterocycles. The molecule has 0 saturated heterocycles. The fourth-order valence-corrected chi connectivity index (χ4v) is 4.28. The number of carbonyl (C=O) groups excluding carboxylic acids is 4. The number of nitrogens with one attached hydrogen (secondary N) is 4. The molecule has 2 aromatic rings. The summed E-state index contributed by atoms with van der Waals surface area (Å²) in [5.41, 5.74) is 23.3. The normalized spacial score (nSPS) is 14.5. The standard InChI is InChI=1S/C27H41N9O6/c1-3-14(2)22(26(41)42)36-25(40)19(11-15-13-33-18-9-5-4-7-16(15)18)35-24(39)20(12-21(29)37)34-23(38)17(28)8-6-10-32-27(30)31/h4-5,7,9,13-14,17,19-20,22,33H,3,6,8,10-12,28H2,1-2H3,(H2,29,37)(H,34,38)(H,35,39)(H,36,40)(H,41,42)(H4,30,31,32). The number of aliphatic carboxylic acids is 1. The van der Waals surface area contributed by atoms with Crippen molar-refractivity contribution in [2.24, 2.45) is 33.8 Å². The summed E-state index contributed by atoms with van der Waals surface area (Å²) in [4.78, 5) is 70.0. The Morgan fingerprint density at radius 2 is 1.62 bits per heavy atom. The molecule has 5 unspecified atom stereocenters. The number of nitrogens with zero attached hydrogens (tertiary/aromatic N) is 1.